The van der Waals surface area contributed by atoms with Gasteiger partial charge in [-0.1, -0.05) is 61.8 Å². The quantitative estimate of drug-likeness (QED) is 0.745. The fraction of sp³-hybridized carbons (Fsp3) is 0.300. The zero-order chi connectivity index (χ0) is 18.9. The third-order valence-electron chi connectivity index (χ3n) is 3.79. The number of ether oxygens (including phenoxy) is 1. The number of halogens is 1. The first-order valence-electron chi connectivity index (χ1n) is 8.45. The maximum atomic E-state index is 12.5. The van der Waals surface area contributed by atoms with Crippen molar-refractivity contribution < 1.29 is 14.3 Å². The highest BCUT2D eigenvalue weighted by atomic mass is 35.5. The van der Waals surface area contributed by atoms with Crippen LogP contribution >= 0.6 is 11.6 Å². The maximum absolute atomic E-state index is 12.5. The van der Waals surface area contributed by atoms with Gasteiger partial charge in [-0.3, -0.25) is 9.59 Å². The van der Waals surface area contributed by atoms with Crippen LogP contribution in [0.1, 0.15) is 19.4 Å². The molecule has 5 nitrogen and oxygen atoms in total. The predicted molar refractivity (Wildman–Crippen MR) is 102 cm³/mol. The maximum Gasteiger partial charge on any atom is 0.258 e. The minimum Gasteiger partial charge on any atom is -0.484 e. The van der Waals surface area contributed by atoms with Crippen LogP contribution in [0.2, 0.25) is 5.02 Å². The lowest BCUT2D eigenvalue weighted by Crippen LogP contribution is -2.50. The predicted octanol–water partition coefficient (Wildman–Crippen LogP) is 3.18. The molecule has 0 radical (unpaired) electrons. The number of benzene rings is 2. The Kier molecular flexibility index (Phi) is 7.48. The molecule has 2 N–H and O–H groups in total. The van der Waals surface area contributed by atoms with Crippen molar-refractivity contribution in [1.82, 2.24) is 10.6 Å². The van der Waals surface area contributed by atoms with Crippen LogP contribution in [0.25, 0.3) is 0 Å². The van der Waals surface area contributed by atoms with Crippen molar-refractivity contribution in [1.29, 1.82) is 0 Å². The number of rotatable bonds is 8. The highest BCUT2D eigenvalue weighted by Crippen LogP contribution is 2.14. The second-order valence-corrected chi connectivity index (χ2v) is 6.61. The summed E-state index contributed by atoms with van der Waals surface area (Å²) in [7, 11) is 0. The number of hydrogen-bond donors (Lipinski definition) is 2. The van der Waals surface area contributed by atoms with Gasteiger partial charge in [0.15, 0.2) is 6.61 Å². The molecule has 0 fully saturated rings. The zero-order valence-corrected chi connectivity index (χ0v) is 15.6. The summed E-state index contributed by atoms with van der Waals surface area (Å²) in [4.78, 5) is 24.6. The standard InChI is InChI=1S/C20H23ClN2O3/c1-14(2)19(20(25)22-12-15-8-6-7-11-17(15)21)23-18(24)13-26-16-9-4-3-5-10-16/h3-11,14,19H,12-13H2,1-2H3,(H,22,25)(H,23,24)/t19-/m0/s1. The van der Waals surface area contributed by atoms with E-state index in [1.165, 1.54) is 0 Å². The fourth-order valence-electron chi connectivity index (χ4n) is 2.35. The summed E-state index contributed by atoms with van der Waals surface area (Å²) < 4.78 is 5.41. The molecule has 2 aromatic rings. The van der Waals surface area contributed by atoms with Gasteiger partial charge in [0.2, 0.25) is 5.91 Å². The highest BCUT2D eigenvalue weighted by Gasteiger charge is 2.24. The molecule has 6 heteroatoms. The average Bonchev–Trinajstić information content (AvgIpc) is 2.64. The molecule has 0 heterocycles. The van der Waals surface area contributed by atoms with E-state index in [-0.39, 0.29) is 24.3 Å². The molecule has 2 amide bonds. The third kappa shape index (κ3) is 6.08. The van der Waals surface area contributed by atoms with E-state index in [4.69, 9.17) is 16.3 Å². The summed E-state index contributed by atoms with van der Waals surface area (Å²) in [6, 6.07) is 15.7. The molecular weight excluding hydrogens is 352 g/mol. The Labute approximate surface area is 158 Å². The Bertz CT molecular complexity index is 735. The smallest absolute Gasteiger partial charge is 0.258 e. The number of para-hydroxylation sites is 1. The Morgan fingerprint density at radius 2 is 1.69 bits per heavy atom. The van der Waals surface area contributed by atoms with Gasteiger partial charge in [0.25, 0.3) is 5.91 Å². The lowest BCUT2D eigenvalue weighted by Gasteiger charge is -2.22. The monoisotopic (exact) mass is 374 g/mol. The SMILES string of the molecule is CC(C)[C@H](NC(=O)COc1ccccc1)C(=O)NCc1ccccc1Cl. The van der Waals surface area contributed by atoms with E-state index < -0.39 is 6.04 Å². The molecule has 1 atom stereocenters. The molecule has 0 aliphatic rings. The van der Waals surface area contributed by atoms with Crippen LogP contribution in [0.5, 0.6) is 5.75 Å². The normalized spacial score (nSPS) is 11.7. The van der Waals surface area contributed by atoms with Crippen molar-refractivity contribution in [2.75, 3.05) is 6.61 Å². The molecule has 0 bridgehead atoms. The molecule has 138 valence electrons. The van der Waals surface area contributed by atoms with Crippen LogP contribution in [0, 0.1) is 5.92 Å². The van der Waals surface area contributed by atoms with Crippen LogP contribution < -0.4 is 15.4 Å². The molecule has 0 aromatic heterocycles. The van der Waals surface area contributed by atoms with E-state index in [0.717, 1.165) is 5.56 Å². The minimum atomic E-state index is -0.649. The van der Waals surface area contributed by atoms with Crippen molar-refractivity contribution in [3.8, 4) is 5.75 Å². The van der Waals surface area contributed by atoms with E-state index >= 15 is 0 Å². The van der Waals surface area contributed by atoms with Crippen molar-refractivity contribution in [3.05, 3.63) is 65.2 Å². The molecule has 2 aromatic carbocycles. The second-order valence-electron chi connectivity index (χ2n) is 6.20. The van der Waals surface area contributed by atoms with E-state index in [9.17, 15) is 9.59 Å². The third-order valence-corrected chi connectivity index (χ3v) is 4.16. The Hall–Kier alpha value is -2.53. The molecule has 0 aliphatic heterocycles. The van der Waals surface area contributed by atoms with Crippen LogP contribution in [0.3, 0.4) is 0 Å². The number of carbonyl (C=O) groups excluding carboxylic acids is 2. The van der Waals surface area contributed by atoms with E-state index in [0.29, 0.717) is 17.3 Å². The van der Waals surface area contributed by atoms with Crippen LogP contribution in [0.15, 0.2) is 54.6 Å². The molecule has 0 aliphatic carbocycles. The first-order valence-corrected chi connectivity index (χ1v) is 8.83. The molecule has 0 unspecified atom stereocenters. The minimum absolute atomic E-state index is 0.0677. The van der Waals surface area contributed by atoms with Gasteiger partial charge in [-0.05, 0) is 29.7 Å². The van der Waals surface area contributed by atoms with Gasteiger partial charge in [-0.25, -0.2) is 0 Å². The Morgan fingerprint density at radius 3 is 2.35 bits per heavy atom. The summed E-state index contributed by atoms with van der Waals surface area (Å²) in [5.41, 5.74) is 0.823. The molecule has 0 saturated heterocycles. The second kappa shape index (κ2) is 9.82. The van der Waals surface area contributed by atoms with Crippen LogP contribution in [-0.4, -0.2) is 24.5 Å². The van der Waals surface area contributed by atoms with Crippen molar-refractivity contribution in [3.63, 3.8) is 0 Å². The largest absolute Gasteiger partial charge is 0.484 e. The van der Waals surface area contributed by atoms with Crippen molar-refractivity contribution in [2.45, 2.75) is 26.4 Å². The fourth-order valence-corrected chi connectivity index (χ4v) is 2.55. The van der Waals surface area contributed by atoms with Gasteiger partial charge in [0.05, 0.1) is 0 Å². The van der Waals surface area contributed by atoms with Gasteiger partial charge < -0.3 is 15.4 Å². The van der Waals surface area contributed by atoms with Crippen LogP contribution in [0.4, 0.5) is 0 Å². The number of amides is 2. The number of nitrogens with one attached hydrogen (secondary N) is 2. The first-order chi connectivity index (χ1) is 12.5. The topological polar surface area (TPSA) is 67.4 Å². The lowest BCUT2D eigenvalue weighted by molar-refractivity contribution is -0.131. The molecule has 0 saturated carbocycles. The summed E-state index contributed by atoms with van der Waals surface area (Å²) in [5, 5.41) is 6.14. The lowest BCUT2D eigenvalue weighted by atomic mass is 10.0. The molecule has 0 spiro atoms. The van der Waals surface area contributed by atoms with Gasteiger partial charge in [0, 0.05) is 11.6 Å². The average molecular weight is 375 g/mol. The summed E-state index contributed by atoms with van der Waals surface area (Å²) >= 11 is 6.10. The van der Waals surface area contributed by atoms with E-state index in [1.54, 1.807) is 18.2 Å². The summed E-state index contributed by atoms with van der Waals surface area (Å²) in [6.45, 7) is 3.90. The molecular formula is C20H23ClN2O3. The zero-order valence-electron chi connectivity index (χ0n) is 14.9. The number of hydrogen-bond acceptors (Lipinski definition) is 3. The van der Waals surface area contributed by atoms with Gasteiger partial charge in [-0.15, -0.1) is 0 Å². The molecule has 26 heavy (non-hydrogen) atoms. The van der Waals surface area contributed by atoms with Crippen LogP contribution in [-0.2, 0) is 16.1 Å². The first kappa shape index (κ1) is 19.8. The van der Waals surface area contributed by atoms with E-state index in [2.05, 4.69) is 10.6 Å². The highest BCUT2D eigenvalue weighted by molar-refractivity contribution is 6.31. The number of carbonyl (C=O) groups is 2. The van der Waals surface area contributed by atoms with Crippen molar-refractivity contribution in [2.24, 2.45) is 5.92 Å². The summed E-state index contributed by atoms with van der Waals surface area (Å²) in [6.07, 6.45) is 0. The Morgan fingerprint density at radius 1 is 1.04 bits per heavy atom. The summed E-state index contributed by atoms with van der Waals surface area (Å²) in [5.74, 6) is -0.0673. The molecule has 2 rings (SSSR count). The Balaban J connectivity index is 1.87. The van der Waals surface area contributed by atoms with Gasteiger partial charge >= 0.3 is 0 Å². The van der Waals surface area contributed by atoms with E-state index in [1.807, 2.05) is 50.2 Å². The van der Waals surface area contributed by atoms with Gasteiger partial charge in [-0.2, -0.15) is 0 Å². The van der Waals surface area contributed by atoms with Crippen molar-refractivity contribution >= 4 is 23.4 Å². The van der Waals surface area contributed by atoms with Gasteiger partial charge in [0.1, 0.15) is 11.8 Å².